The van der Waals surface area contributed by atoms with Gasteiger partial charge in [0, 0.05) is 16.5 Å². The fourth-order valence-electron chi connectivity index (χ4n) is 2.94. The molecule has 2 aliphatic rings. The maximum atomic E-state index is 12.2. The van der Waals surface area contributed by atoms with E-state index in [2.05, 4.69) is 5.32 Å². The van der Waals surface area contributed by atoms with Crippen LogP contribution in [0.5, 0.6) is 0 Å². The molecule has 3 rings (SSSR count). The first-order chi connectivity index (χ1) is 11.8. The topological polar surface area (TPSA) is 113 Å². The quantitative estimate of drug-likeness (QED) is 0.744. The van der Waals surface area contributed by atoms with E-state index in [0.29, 0.717) is 23.5 Å². The van der Waals surface area contributed by atoms with Gasteiger partial charge in [0.15, 0.2) is 0 Å². The summed E-state index contributed by atoms with van der Waals surface area (Å²) in [5.74, 6) is -0.687. The van der Waals surface area contributed by atoms with E-state index >= 15 is 0 Å². The molecule has 2 N–H and O–H groups in total. The number of amides is 2. The van der Waals surface area contributed by atoms with E-state index in [1.807, 2.05) is 6.07 Å². The zero-order chi connectivity index (χ0) is 18.2. The molecule has 0 bridgehead atoms. The molecule has 0 saturated carbocycles. The molecule has 1 fully saturated rings. The predicted molar refractivity (Wildman–Crippen MR) is 93.6 cm³/mol. The molecule has 1 unspecified atom stereocenters. The van der Waals surface area contributed by atoms with Gasteiger partial charge in [-0.3, -0.25) is 14.2 Å². The SMILES string of the molecule is CCC(CS(=O)(=O)O)[C@@H]1CN(c2ccc3c(c2)NC(=O)CS3)C(=O)O1. The number of fused-ring (bicyclic) bond motifs is 1. The number of ether oxygens (including phenoxy) is 1. The predicted octanol–water partition coefficient (Wildman–Crippen LogP) is 1.97. The standard InChI is InChI=1S/C15H18N2O6S2/c1-2-9(8-25(20,21)22)12-6-17(15(19)23-12)10-3-4-13-11(5-10)16-14(18)7-24-13/h3-5,9,12H,2,6-8H2,1H3,(H,16,18)(H,20,21,22)/t9?,12-/m0/s1. The first kappa shape index (κ1) is 18.0. The molecule has 2 amide bonds. The Kier molecular flexibility index (Phi) is 4.94. The third kappa shape index (κ3) is 4.07. The van der Waals surface area contributed by atoms with Gasteiger partial charge in [-0.15, -0.1) is 11.8 Å². The summed E-state index contributed by atoms with van der Waals surface area (Å²) in [6.07, 6.45) is -0.754. The Morgan fingerprint density at radius 1 is 1.44 bits per heavy atom. The Morgan fingerprint density at radius 3 is 2.88 bits per heavy atom. The summed E-state index contributed by atoms with van der Waals surface area (Å²) < 4.78 is 36.7. The number of hydrogen-bond acceptors (Lipinski definition) is 6. The second kappa shape index (κ2) is 6.85. The molecule has 2 atom stereocenters. The largest absolute Gasteiger partial charge is 0.444 e. The highest BCUT2D eigenvalue weighted by atomic mass is 32.2. The molecular formula is C15H18N2O6S2. The number of nitrogens with one attached hydrogen (secondary N) is 1. The molecule has 10 heteroatoms. The zero-order valence-electron chi connectivity index (χ0n) is 13.5. The van der Waals surface area contributed by atoms with Gasteiger partial charge in [-0.05, 0) is 24.6 Å². The third-order valence-corrected chi connectivity index (χ3v) is 6.14. The van der Waals surface area contributed by atoms with E-state index in [4.69, 9.17) is 9.29 Å². The monoisotopic (exact) mass is 386 g/mol. The number of nitrogens with zero attached hydrogens (tertiary/aromatic N) is 1. The molecule has 2 aliphatic heterocycles. The zero-order valence-corrected chi connectivity index (χ0v) is 15.1. The van der Waals surface area contributed by atoms with E-state index in [0.717, 1.165) is 4.90 Å². The van der Waals surface area contributed by atoms with Crippen molar-refractivity contribution in [3.63, 3.8) is 0 Å². The van der Waals surface area contributed by atoms with Crippen molar-refractivity contribution >= 4 is 45.3 Å². The lowest BCUT2D eigenvalue weighted by Crippen LogP contribution is -2.31. The number of carbonyl (C=O) groups is 2. The van der Waals surface area contributed by atoms with Crippen molar-refractivity contribution in [3.05, 3.63) is 18.2 Å². The maximum Gasteiger partial charge on any atom is 0.414 e. The van der Waals surface area contributed by atoms with Gasteiger partial charge in [0.2, 0.25) is 5.91 Å². The average molecular weight is 386 g/mol. The van der Waals surface area contributed by atoms with Crippen LogP contribution < -0.4 is 10.2 Å². The molecule has 1 aromatic carbocycles. The Bertz CT molecular complexity index is 810. The summed E-state index contributed by atoms with van der Waals surface area (Å²) >= 11 is 1.42. The van der Waals surface area contributed by atoms with Gasteiger partial charge >= 0.3 is 6.09 Å². The van der Waals surface area contributed by atoms with E-state index in [9.17, 15) is 18.0 Å². The summed E-state index contributed by atoms with van der Waals surface area (Å²) in [6, 6.07) is 5.29. The van der Waals surface area contributed by atoms with E-state index in [1.54, 1.807) is 19.1 Å². The number of cyclic esters (lactones) is 1. The summed E-state index contributed by atoms with van der Waals surface area (Å²) in [5.41, 5.74) is 1.20. The highest BCUT2D eigenvalue weighted by Gasteiger charge is 2.38. The second-order valence-corrected chi connectivity index (χ2v) is 8.48. The number of rotatable bonds is 5. The summed E-state index contributed by atoms with van der Waals surface area (Å²) in [5, 5.41) is 2.76. The van der Waals surface area contributed by atoms with Crippen molar-refractivity contribution < 1.29 is 27.3 Å². The van der Waals surface area contributed by atoms with Crippen molar-refractivity contribution in [2.24, 2.45) is 5.92 Å². The maximum absolute atomic E-state index is 12.2. The van der Waals surface area contributed by atoms with Crippen LogP contribution in [0.2, 0.25) is 0 Å². The van der Waals surface area contributed by atoms with Gasteiger partial charge in [-0.2, -0.15) is 8.42 Å². The van der Waals surface area contributed by atoms with Gasteiger partial charge in [-0.25, -0.2) is 4.79 Å². The number of benzene rings is 1. The first-order valence-corrected chi connectivity index (χ1v) is 10.4. The van der Waals surface area contributed by atoms with Crippen molar-refractivity contribution in [2.45, 2.75) is 24.3 Å². The van der Waals surface area contributed by atoms with Gasteiger partial charge in [0.1, 0.15) is 6.10 Å². The van der Waals surface area contributed by atoms with Crippen molar-refractivity contribution in [1.82, 2.24) is 0 Å². The average Bonchev–Trinajstić information content (AvgIpc) is 2.92. The van der Waals surface area contributed by atoms with Crippen molar-refractivity contribution in [2.75, 3.05) is 28.3 Å². The minimum Gasteiger partial charge on any atom is -0.444 e. The smallest absolute Gasteiger partial charge is 0.414 e. The fourth-order valence-corrected chi connectivity index (χ4v) is 4.72. The highest BCUT2D eigenvalue weighted by molar-refractivity contribution is 8.00. The second-order valence-electron chi connectivity index (χ2n) is 5.97. The molecule has 0 radical (unpaired) electrons. The fraction of sp³-hybridized carbons (Fsp3) is 0.467. The highest BCUT2D eigenvalue weighted by Crippen LogP contribution is 2.36. The van der Waals surface area contributed by atoms with Gasteiger partial charge in [0.05, 0.1) is 23.7 Å². The summed E-state index contributed by atoms with van der Waals surface area (Å²) in [7, 11) is -4.15. The van der Waals surface area contributed by atoms with Crippen LogP contribution in [0.1, 0.15) is 13.3 Å². The van der Waals surface area contributed by atoms with Crippen LogP contribution in [-0.4, -0.2) is 49.1 Å². The van der Waals surface area contributed by atoms with Crippen LogP contribution in [-0.2, 0) is 19.6 Å². The molecule has 0 aromatic heterocycles. The lowest BCUT2D eigenvalue weighted by molar-refractivity contribution is -0.113. The van der Waals surface area contributed by atoms with Crippen LogP contribution in [0, 0.1) is 5.92 Å². The number of anilines is 2. The minimum absolute atomic E-state index is 0.101. The number of hydrogen-bond donors (Lipinski definition) is 2. The molecule has 2 heterocycles. The van der Waals surface area contributed by atoms with Crippen molar-refractivity contribution in [3.8, 4) is 0 Å². The Morgan fingerprint density at radius 2 is 2.20 bits per heavy atom. The summed E-state index contributed by atoms with van der Waals surface area (Å²) in [6.45, 7) is 1.96. The number of carbonyl (C=O) groups excluding carboxylic acids is 2. The lowest BCUT2D eigenvalue weighted by atomic mass is 10.0. The van der Waals surface area contributed by atoms with E-state index in [1.165, 1.54) is 16.7 Å². The Balaban J connectivity index is 1.79. The molecule has 1 saturated heterocycles. The Labute approximate surface area is 149 Å². The summed E-state index contributed by atoms with van der Waals surface area (Å²) in [4.78, 5) is 26.0. The van der Waals surface area contributed by atoms with Crippen LogP contribution in [0.25, 0.3) is 0 Å². The first-order valence-electron chi connectivity index (χ1n) is 7.77. The molecule has 136 valence electrons. The van der Waals surface area contributed by atoms with Gasteiger partial charge in [0.25, 0.3) is 10.1 Å². The molecule has 1 aromatic rings. The van der Waals surface area contributed by atoms with Crippen LogP contribution in [0.15, 0.2) is 23.1 Å². The molecule has 0 aliphatic carbocycles. The molecule has 25 heavy (non-hydrogen) atoms. The number of thioether (sulfide) groups is 1. The van der Waals surface area contributed by atoms with E-state index < -0.39 is 34.0 Å². The van der Waals surface area contributed by atoms with Gasteiger partial charge < -0.3 is 10.1 Å². The molecule has 0 spiro atoms. The van der Waals surface area contributed by atoms with Crippen LogP contribution in [0.3, 0.4) is 0 Å². The van der Waals surface area contributed by atoms with Crippen LogP contribution >= 0.6 is 11.8 Å². The Hall–Kier alpha value is -1.78. The minimum atomic E-state index is -4.15. The molecular weight excluding hydrogens is 368 g/mol. The third-order valence-electron chi connectivity index (χ3n) is 4.22. The lowest BCUT2D eigenvalue weighted by Gasteiger charge is -2.21. The van der Waals surface area contributed by atoms with Crippen molar-refractivity contribution in [1.29, 1.82) is 0 Å². The molecule has 8 nitrogen and oxygen atoms in total. The van der Waals surface area contributed by atoms with Gasteiger partial charge in [-0.1, -0.05) is 6.92 Å². The van der Waals surface area contributed by atoms with E-state index in [-0.39, 0.29) is 12.5 Å². The normalized spacial score (nSPS) is 21.5. The van der Waals surface area contributed by atoms with Crippen LogP contribution in [0.4, 0.5) is 16.2 Å².